The number of hydrogen-bond acceptors (Lipinski definition) is 4. The number of aliphatic carboxylic acids is 1. The summed E-state index contributed by atoms with van der Waals surface area (Å²) >= 11 is 0. The zero-order valence-corrected chi connectivity index (χ0v) is 8.42. The summed E-state index contributed by atoms with van der Waals surface area (Å²) in [6.45, 7) is -0.661. The van der Waals surface area contributed by atoms with E-state index < -0.39 is 27.8 Å². The predicted molar refractivity (Wildman–Crippen MR) is 47.9 cm³/mol. The Kier molecular flexibility index (Phi) is 3.85. The highest BCUT2D eigenvalue weighted by molar-refractivity contribution is 7.90. The molecule has 1 rings (SSSR count). The first kappa shape index (κ1) is 11.4. The molecule has 0 aliphatic heterocycles. The van der Waals surface area contributed by atoms with E-state index in [2.05, 4.69) is 4.84 Å². The van der Waals surface area contributed by atoms with Crippen molar-refractivity contribution in [2.45, 2.75) is 30.9 Å². The molecule has 0 atom stereocenters. The van der Waals surface area contributed by atoms with E-state index in [1.54, 1.807) is 0 Å². The Morgan fingerprint density at radius 2 is 2.00 bits per heavy atom. The average molecular weight is 223 g/mol. The fraction of sp³-hybridized carbons (Fsp3) is 0.857. The van der Waals surface area contributed by atoms with Crippen LogP contribution in [0.2, 0.25) is 0 Å². The van der Waals surface area contributed by atoms with E-state index in [0.29, 0.717) is 12.8 Å². The Labute approximate surface area is 82.3 Å². The van der Waals surface area contributed by atoms with Crippen molar-refractivity contribution in [1.29, 1.82) is 0 Å². The van der Waals surface area contributed by atoms with E-state index in [1.807, 2.05) is 4.89 Å². The summed E-state index contributed by atoms with van der Waals surface area (Å²) in [5.74, 6) is -1.21. The number of nitrogens with one attached hydrogen (secondary N) is 1. The Morgan fingerprint density at radius 3 is 2.50 bits per heavy atom. The molecule has 82 valence electrons. The highest BCUT2D eigenvalue weighted by atomic mass is 32.2. The molecule has 1 aliphatic rings. The van der Waals surface area contributed by atoms with E-state index in [-0.39, 0.29) is 0 Å². The van der Waals surface area contributed by atoms with Gasteiger partial charge in [0.05, 0.1) is 5.25 Å². The Morgan fingerprint density at radius 1 is 1.43 bits per heavy atom. The van der Waals surface area contributed by atoms with Gasteiger partial charge in [0.25, 0.3) is 0 Å². The van der Waals surface area contributed by atoms with Crippen molar-refractivity contribution >= 4 is 16.0 Å². The zero-order chi connectivity index (χ0) is 10.6. The second-order valence-corrected chi connectivity index (χ2v) is 5.14. The van der Waals surface area contributed by atoms with Gasteiger partial charge in [0.2, 0.25) is 10.0 Å². The molecule has 1 fully saturated rings. The largest absolute Gasteiger partial charge is 0.479 e. The minimum Gasteiger partial charge on any atom is -0.479 e. The number of rotatable bonds is 5. The van der Waals surface area contributed by atoms with Gasteiger partial charge in [0, 0.05) is 0 Å². The molecule has 0 amide bonds. The van der Waals surface area contributed by atoms with Crippen LogP contribution < -0.4 is 4.89 Å². The van der Waals surface area contributed by atoms with E-state index in [1.165, 1.54) is 0 Å². The van der Waals surface area contributed by atoms with E-state index in [0.717, 1.165) is 12.8 Å². The molecule has 0 saturated heterocycles. The average Bonchev–Trinajstić information content (AvgIpc) is 2.54. The molecule has 0 aromatic heterocycles. The minimum atomic E-state index is -3.49. The van der Waals surface area contributed by atoms with Crippen LogP contribution in [-0.2, 0) is 19.7 Å². The monoisotopic (exact) mass is 223 g/mol. The number of carbonyl (C=O) groups is 1. The van der Waals surface area contributed by atoms with Gasteiger partial charge in [0.1, 0.15) is 0 Å². The summed E-state index contributed by atoms with van der Waals surface area (Å²) in [7, 11) is -3.49. The molecule has 1 aliphatic carbocycles. The summed E-state index contributed by atoms with van der Waals surface area (Å²) in [6, 6.07) is 0. The summed E-state index contributed by atoms with van der Waals surface area (Å²) in [5, 5.41) is 7.78. The predicted octanol–water partition coefficient (Wildman–Crippen LogP) is -0.135. The smallest absolute Gasteiger partial charge is 0.331 e. The quantitative estimate of drug-likeness (QED) is 0.633. The molecule has 0 unspecified atom stereocenters. The van der Waals surface area contributed by atoms with Crippen molar-refractivity contribution in [3.63, 3.8) is 0 Å². The maximum absolute atomic E-state index is 11.4. The highest BCUT2D eigenvalue weighted by Gasteiger charge is 2.28. The van der Waals surface area contributed by atoms with Crippen molar-refractivity contribution < 1.29 is 23.2 Å². The lowest BCUT2D eigenvalue weighted by molar-refractivity contribution is -0.143. The lowest BCUT2D eigenvalue weighted by atomic mass is 10.4. The molecule has 6 nitrogen and oxygen atoms in total. The Hall–Kier alpha value is -0.660. The molecular weight excluding hydrogens is 210 g/mol. The molecule has 0 spiro atoms. The SMILES string of the molecule is O=C(O)CONS(=O)(=O)C1CCCC1. The van der Waals surface area contributed by atoms with E-state index in [4.69, 9.17) is 5.11 Å². The molecular formula is C7H13NO5S. The molecule has 7 heteroatoms. The van der Waals surface area contributed by atoms with Gasteiger partial charge in [-0.1, -0.05) is 17.7 Å². The van der Waals surface area contributed by atoms with Gasteiger partial charge >= 0.3 is 5.97 Å². The summed E-state index contributed by atoms with van der Waals surface area (Å²) < 4.78 is 22.8. The van der Waals surface area contributed by atoms with Gasteiger partial charge < -0.3 is 5.11 Å². The van der Waals surface area contributed by atoms with Crippen LogP contribution in [0.3, 0.4) is 0 Å². The van der Waals surface area contributed by atoms with Crippen molar-refractivity contribution in [2.24, 2.45) is 0 Å². The normalized spacial score (nSPS) is 18.6. The molecule has 14 heavy (non-hydrogen) atoms. The van der Waals surface area contributed by atoms with Crippen LogP contribution in [-0.4, -0.2) is 31.4 Å². The first-order valence-electron chi connectivity index (χ1n) is 4.36. The van der Waals surface area contributed by atoms with Crippen LogP contribution >= 0.6 is 0 Å². The number of hydrogen-bond donors (Lipinski definition) is 2. The topological polar surface area (TPSA) is 92.7 Å². The number of carboxylic acids is 1. The van der Waals surface area contributed by atoms with Gasteiger partial charge in [0.15, 0.2) is 6.61 Å². The zero-order valence-electron chi connectivity index (χ0n) is 7.60. The fourth-order valence-corrected chi connectivity index (χ4v) is 2.75. The maximum atomic E-state index is 11.4. The third-order valence-corrected chi connectivity index (χ3v) is 3.81. The van der Waals surface area contributed by atoms with Crippen LogP contribution in [0.4, 0.5) is 0 Å². The second kappa shape index (κ2) is 4.72. The van der Waals surface area contributed by atoms with Gasteiger partial charge in [-0.05, 0) is 12.8 Å². The van der Waals surface area contributed by atoms with Crippen LogP contribution in [0.5, 0.6) is 0 Å². The van der Waals surface area contributed by atoms with Gasteiger partial charge in [-0.2, -0.15) is 0 Å². The van der Waals surface area contributed by atoms with E-state index in [9.17, 15) is 13.2 Å². The van der Waals surface area contributed by atoms with Gasteiger partial charge in [-0.25, -0.2) is 13.2 Å². The van der Waals surface area contributed by atoms with Crippen LogP contribution in [0.25, 0.3) is 0 Å². The Bertz CT molecular complexity index is 293. The van der Waals surface area contributed by atoms with Crippen LogP contribution in [0.1, 0.15) is 25.7 Å². The van der Waals surface area contributed by atoms with Gasteiger partial charge in [-0.15, -0.1) is 0 Å². The van der Waals surface area contributed by atoms with Gasteiger partial charge in [-0.3, -0.25) is 4.84 Å². The first-order valence-corrected chi connectivity index (χ1v) is 5.91. The van der Waals surface area contributed by atoms with Crippen molar-refractivity contribution in [3.05, 3.63) is 0 Å². The van der Waals surface area contributed by atoms with Crippen molar-refractivity contribution in [1.82, 2.24) is 4.89 Å². The third kappa shape index (κ3) is 3.24. The van der Waals surface area contributed by atoms with Crippen molar-refractivity contribution in [2.75, 3.05) is 6.61 Å². The summed E-state index contributed by atoms with van der Waals surface area (Å²) in [6.07, 6.45) is 3.02. The second-order valence-electron chi connectivity index (χ2n) is 3.22. The maximum Gasteiger partial charge on any atom is 0.331 e. The molecule has 0 aromatic carbocycles. The summed E-state index contributed by atoms with van der Waals surface area (Å²) in [5.41, 5.74) is 0. The van der Waals surface area contributed by atoms with Crippen LogP contribution in [0, 0.1) is 0 Å². The molecule has 0 radical (unpaired) electrons. The number of sulfonamides is 1. The van der Waals surface area contributed by atoms with Crippen LogP contribution in [0.15, 0.2) is 0 Å². The minimum absolute atomic E-state index is 0.434. The standard InChI is InChI=1S/C7H13NO5S/c9-7(10)5-13-8-14(11,12)6-3-1-2-4-6/h6,8H,1-5H2,(H,9,10). The number of carboxylic acid groups (broad SMARTS) is 1. The van der Waals surface area contributed by atoms with Crippen molar-refractivity contribution in [3.8, 4) is 0 Å². The molecule has 2 N–H and O–H groups in total. The Balaban J connectivity index is 2.37. The lowest BCUT2D eigenvalue weighted by Crippen LogP contribution is -2.34. The third-order valence-electron chi connectivity index (χ3n) is 2.11. The van der Waals surface area contributed by atoms with E-state index >= 15 is 0 Å². The fourth-order valence-electron chi connectivity index (χ4n) is 1.44. The molecule has 0 heterocycles. The lowest BCUT2D eigenvalue weighted by Gasteiger charge is -2.10. The molecule has 0 bridgehead atoms. The highest BCUT2D eigenvalue weighted by Crippen LogP contribution is 2.23. The first-order chi connectivity index (χ1) is 6.52. The molecule has 1 saturated carbocycles. The molecule has 0 aromatic rings. The summed E-state index contributed by atoms with van der Waals surface area (Å²) in [4.78, 5) is 16.2.